The van der Waals surface area contributed by atoms with Gasteiger partial charge < -0.3 is 4.74 Å². The van der Waals surface area contributed by atoms with E-state index in [1.165, 1.54) is 4.68 Å². The van der Waals surface area contributed by atoms with E-state index in [2.05, 4.69) is 20.4 Å². The summed E-state index contributed by atoms with van der Waals surface area (Å²) >= 11 is 0. The molecule has 1 amide bonds. The fourth-order valence-corrected chi connectivity index (χ4v) is 2.74. The average Bonchev–Trinajstić information content (AvgIpc) is 2.90. The molecule has 7 heteroatoms. The number of aryl methyl sites for hydroxylation is 3. The van der Waals surface area contributed by atoms with Crippen LogP contribution in [-0.4, -0.2) is 25.8 Å². The van der Waals surface area contributed by atoms with Gasteiger partial charge in [0.05, 0.1) is 5.69 Å². The van der Waals surface area contributed by atoms with Crippen molar-refractivity contribution >= 4 is 11.8 Å². The highest BCUT2D eigenvalue weighted by Crippen LogP contribution is 2.26. The van der Waals surface area contributed by atoms with Crippen molar-refractivity contribution in [3.8, 4) is 11.8 Å². The van der Waals surface area contributed by atoms with Crippen molar-refractivity contribution in [2.24, 2.45) is 0 Å². The first-order chi connectivity index (χ1) is 12.5. The molecule has 26 heavy (non-hydrogen) atoms. The fraction of sp³-hybridized carbons (Fsp3) is 0.263. The van der Waals surface area contributed by atoms with Crippen molar-refractivity contribution in [2.45, 2.75) is 34.1 Å². The van der Waals surface area contributed by atoms with Crippen LogP contribution >= 0.6 is 0 Å². The molecule has 0 aliphatic rings. The molecule has 1 aromatic carbocycles. The number of nitrogens with zero attached hydrogens (tertiary/aromatic N) is 4. The topological polar surface area (TPSA) is 81.9 Å². The first kappa shape index (κ1) is 17.6. The SMILES string of the molecule is CCc1c(C)nn(-c2nc(C)cc(C)n2)c1OC(=O)Nc1ccccc1. The maximum atomic E-state index is 12.4. The summed E-state index contributed by atoms with van der Waals surface area (Å²) in [5.41, 5.74) is 3.91. The smallest absolute Gasteiger partial charge is 0.390 e. The third kappa shape index (κ3) is 3.72. The number of carbonyl (C=O) groups is 1. The highest BCUT2D eigenvalue weighted by molar-refractivity contribution is 5.86. The molecule has 134 valence electrons. The van der Waals surface area contributed by atoms with E-state index in [0.29, 0.717) is 23.9 Å². The van der Waals surface area contributed by atoms with Gasteiger partial charge in [-0.3, -0.25) is 5.32 Å². The van der Waals surface area contributed by atoms with Crippen molar-refractivity contribution in [1.29, 1.82) is 0 Å². The Balaban J connectivity index is 1.96. The minimum Gasteiger partial charge on any atom is -0.390 e. The molecule has 3 aromatic rings. The molecule has 0 fully saturated rings. The molecule has 7 nitrogen and oxygen atoms in total. The van der Waals surface area contributed by atoms with Crippen molar-refractivity contribution in [1.82, 2.24) is 19.7 Å². The van der Waals surface area contributed by atoms with Gasteiger partial charge in [-0.2, -0.15) is 9.78 Å². The number of rotatable bonds is 4. The Labute approximate surface area is 152 Å². The van der Waals surface area contributed by atoms with Gasteiger partial charge in [-0.05, 0) is 45.4 Å². The number of carbonyl (C=O) groups excluding carboxylic acids is 1. The van der Waals surface area contributed by atoms with Gasteiger partial charge in [-0.1, -0.05) is 25.1 Å². The van der Waals surface area contributed by atoms with Crippen LogP contribution in [0.15, 0.2) is 36.4 Å². The van der Waals surface area contributed by atoms with Crippen molar-refractivity contribution < 1.29 is 9.53 Å². The van der Waals surface area contributed by atoms with Crippen LogP contribution in [-0.2, 0) is 6.42 Å². The fourth-order valence-electron chi connectivity index (χ4n) is 2.74. The van der Waals surface area contributed by atoms with Crippen LogP contribution in [0.4, 0.5) is 10.5 Å². The maximum absolute atomic E-state index is 12.4. The van der Waals surface area contributed by atoms with Crippen molar-refractivity contribution in [3.05, 3.63) is 59.0 Å². The van der Waals surface area contributed by atoms with Gasteiger partial charge >= 0.3 is 6.09 Å². The molecule has 2 aromatic heterocycles. The number of amides is 1. The standard InChI is InChI=1S/C19H21N5O2/c1-5-16-14(4)23-24(18-20-12(2)11-13(3)21-18)17(16)26-19(25)22-15-9-7-6-8-10-15/h6-11H,5H2,1-4H3,(H,22,25). The second-order valence-corrected chi connectivity index (χ2v) is 5.97. The Morgan fingerprint density at radius 3 is 2.38 bits per heavy atom. The number of ether oxygens (including phenoxy) is 1. The summed E-state index contributed by atoms with van der Waals surface area (Å²) in [6.45, 7) is 7.63. The Kier molecular flexibility index (Phi) is 4.97. The summed E-state index contributed by atoms with van der Waals surface area (Å²) in [5, 5.41) is 7.19. The molecule has 1 N–H and O–H groups in total. The van der Waals surface area contributed by atoms with E-state index in [1.54, 1.807) is 12.1 Å². The normalized spacial score (nSPS) is 10.6. The molecular formula is C19H21N5O2. The molecule has 0 saturated heterocycles. The van der Waals surface area contributed by atoms with Crippen LogP contribution in [0.1, 0.15) is 29.6 Å². The predicted octanol–water partition coefficient (Wildman–Crippen LogP) is 3.76. The van der Waals surface area contributed by atoms with Crippen LogP contribution in [0.2, 0.25) is 0 Å². The lowest BCUT2D eigenvalue weighted by molar-refractivity contribution is 0.211. The molecule has 2 heterocycles. The molecule has 0 radical (unpaired) electrons. The second kappa shape index (κ2) is 7.35. The molecule has 0 saturated carbocycles. The number of para-hydroxylation sites is 1. The Bertz CT molecular complexity index is 914. The highest BCUT2D eigenvalue weighted by atomic mass is 16.6. The molecule has 0 aliphatic carbocycles. The van der Waals surface area contributed by atoms with Crippen LogP contribution in [0.25, 0.3) is 5.95 Å². The highest BCUT2D eigenvalue weighted by Gasteiger charge is 2.21. The van der Waals surface area contributed by atoms with Crippen LogP contribution in [0.5, 0.6) is 5.88 Å². The lowest BCUT2D eigenvalue weighted by Gasteiger charge is -2.10. The molecular weight excluding hydrogens is 330 g/mol. The summed E-state index contributed by atoms with van der Waals surface area (Å²) in [4.78, 5) is 21.2. The first-order valence-electron chi connectivity index (χ1n) is 8.43. The summed E-state index contributed by atoms with van der Waals surface area (Å²) in [7, 11) is 0. The molecule has 0 atom stereocenters. The molecule has 0 unspecified atom stereocenters. The van der Waals surface area contributed by atoms with E-state index in [4.69, 9.17) is 4.74 Å². The number of anilines is 1. The predicted molar refractivity (Wildman–Crippen MR) is 98.8 cm³/mol. The number of nitrogens with one attached hydrogen (secondary N) is 1. The average molecular weight is 351 g/mol. The summed E-state index contributed by atoms with van der Waals surface area (Å²) < 4.78 is 7.08. The van der Waals surface area contributed by atoms with Gasteiger partial charge in [0, 0.05) is 22.6 Å². The largest absolute Gasteiger partial charge is 0.418 e. The van der Waals surface area contributed by atoms with Gasteiger partial charge in [-0.15, -0.1) is 0 Å². The molecule has 0 aliphatic heterocycles. The first-order valence-corrected chi connectivity index (χ1v) is 8.43. The molecule has 0 spiro atoms. The summed E-state index contributed by atoms with van der Waals surface area (Å²) in [6.07, 6.45) is 0.0846. The van der Waals surface area contributed by atoms with E-state index < -0.39 is 6.09 Å². The van der Waals surface area contributed by atoms with Crippen LogP contribution in [0.3, 0.4) is 0 Å². The quantitative estimate of drug-likeness (QED) is 0.774. The summed E-state index contributed by atoms with van der Waals surface area (Å²) in [6, 6.07) is 11.0. The number of hydrogen-bond acceptors (Lipinski definition) is 5. The van der Waals surface area contributed by atoms with Crippen molar-refractivity contribution in [2.75, 3.05) is 5.32 Å². The van der Waals surface area contributed by atoms with E-state index >= 15 is 0 Å². The van der Waals surface area contributed by atoms with Gasteiger partial charge in [0.2, 0.25) is 5.88 Å². The lowest BCUT2D eigenvalue weighted by atomic mass is 10.2. The Morgan fingerprint density at radius 1 is 1.12 bits per heavy atom. The Hall–Kier alpha value is -3.22. The lowest BCUT2D eigenvalue weighted by Crippen LogP contribution is -2.19. The van der Waals surface area contributed by atoms with Gasteiger partial charge in [0.25, 0.3) is 5.95 Å². The number of hydrogen-bond donors (Lipinski definition) is 1. The van der Waals surface area contributed by atoms with Gasteiger partial charge in [0.15, 0.2) is 0 Å². The third-order valence-corrected chi connectivity index (χ3v) is 3.86. The third-order valence-electron chi connectivity index (χ3n) is 3.86. The number of aromatic nitrogens is 4. The van der Waals surface area contributed by atoms with E-state index in [1.807, 2.05) is 52.0 Å². The van der Waals surface area contributed by atoms with Gasteiger partial charge in [0.1, 0.15) is 0 Å². The zero-order valence-electron chi connectivity index (χ0n) is 15.3. The second-order valence-electron chi connectivity index (χ2n) is 5.97. The zero-order valence-corrected chi connectivity index (χ0v) is 15.3. The number of benzene rings is 1. The zero-order chi connectivity index (χ0) is 18.7. The van der Waals surface area contributed by atoms with Gasteiger partial charge in [-0.25, -0.2) is 14.8 Å². The van der Waals surface area contributed by atoms with E-state index in [0.717, 1.165) is 22.6 Å². The minimum atomic E-state index is -0.587. The van der Waals surface area contributed by atoms with Crippen molar-refractivity contribution in [3.63, 3.8) is 0 Å². The van der Waals surface area contributed by atoms with Crippen LogP contribution < -0.4 is 10.1 Å². The molecule has 0 bridgehead atoms. The monoisotopic (exact) mass is 351 g/mol. The van der Waals surface area contributed by atoms with Crippen LogP contribution in [0, 0.1) is 20.8 Å². The molecule has 3 rings (SSSR count). The summed E-state index contributed by atoms with van der Waals surface area (Å²) in [5.74, 6) is 0.719. The minimum absolute atomic E-state index is 0.337. The maximum Gasteiger partial charge on any atom is 0.418 e. The van der Waals surface area contributed by atoms with E-state index in [-0.39, 0.29) is 0 Å². The Morgan fingerprint density at radius 2 is 1.77 bits per heavy atom. The van der Waals surface area contributed by atoms with E-state index in [9.17, 15) is 4.79 Å².